The molecule has 105 heavy (non-hydrogen) atoms. The number of anilines is 6. The lowest BCUT2D eigenvalue weighted by atomic mass is 10.0. The Morgan fingerprint density at radius 1 is 0.486 bits per heavy atom. The molecule has 1 aliphatic rings. The SMILES string of the molecule is CCNC(=O)Nc1nc2c(-c3ncccc3F)cc(-c3cnc(NCc4ccccn4)nc3)cc2[nH]1.CCOC(=O)Nc1nc2c(-c3ncccc3F)cc(-c3cnc(NCc4ccccn4)nc3)cc2[nH]1.CNC(=O)Nc1nc2c(-c3ncccc3F)cc(-c3cncc(N4CCOCC4)c3)cc2[nH]1. The minimum Gasteiger partial charge on any atom is -0.450 e. The first-order valence-corrected chi connectivity index (χ1v) is 32.9. The normalized spacial score (nSPS) is 11.8. The molecular formula is C73H65F3N24O5. The van der Waals surface area contributed by atoms with Gasteiger partial charge in [-0.3, -0.25) is 45.9 Å². The molecule has 3 aromatic carbocycles. The number of nitrogens with one attached hydrogen (secondary N) is 10. The van der Waals surface area contributed by atoms with Crippen LogP contribution in [-0.4, -0.2) is 144 Å². The maximum absolute atomic E-state index is 14.7. The number of morpholine rings is 1. The molecular weight excluding hydrogens is 1350 g/mol. The van der Waals surface area contributed by atoms with E-state index in [0.29, 0.717) is 111 Å². The number of benzene rings is 3. The summed E-state index contributed by atoms with van der Waals surface area (Å²) in [5.41, 5.74) is 12.4. The van der Waals surface area contributed by atoms with Gasteiger partial charge in [0.05, 0.1) is 72.7 Å². The topological polar surface area (TPSA) is 372 Å². The largest absolute Gasteiger partial charge is 0.450 e. The number of carbonyl (C=O) groups is 3. The molecule has 0 aliphatic carbocycles. The number of carbonyl (C=O) groups excluding carboxylic acids is 3. The van der Waals surface area contributed by atoms with Crippen molar-refractivity contribution in [1.29, 1.82) is 0 Å². The van der Waals surface area contributed by atoms with E-state index >= 15 is 0 Å². The monoisotopic (exact) mass is 1410 g/mol. The van der Waals surface area contributed by atoms with Gasteiger partial charge in [-0.05, 0) is 134 Å². The summed E-state index contributed by atoms with van der Waals surface area (Å²) in [6.07, 6.45) is 17.7. The van der Waals surface area contributed by atoms with Gasteiger partial charge in [0, 0.05) is 122 Å². The number of urea groups is 2. The van der Waals surface area contributed by atoms with E-state index in [1.807, 2.05) is 73.8 Å². The molecule has 15 rings (SSSR count). The molecule has 0 bridgehead atoms. The summed E-state index contributed by atoms with van der Waals surface area (Å²) < 4.78 is 54.5. The Morgan fingerprint density at radius 2 is 0.924 bits per heavy atom. The van der Waals surface area contributed by atoms with Crippen LogP contribution in [0.2, 0.25) is 0 Å². The van der Waals surface area contributed by atoms with Crippen molar-refractivity contribution in [3.05, 3.63) is 212 Å². The van der Waals surface area contributed by atoms with Crippen molar-refractivity contribution < 1.29 is 37.0 Å². The number of nitrogens with zero attached hydrogens (tertiary/aromatic N) is 14. The van der Waals surface area contributed by atoms with Crippen LogP contribution in [0.4, 0.5) is 63.0 Å². The number of aromatic nitrogens is 16. The Balaban J connectivity index is 0.000000140. The Hall–Kier alpha value is -13.9. The number of imidazole rings is 3. The van der Waals surface area contributed by atoms with E-state index in [0.717, 1.165) is 46.9 Å². The van der Waals surface area contributed by atoms with E-state index in [1.165, 1.54) is 56.0 Å². The van der Waals surface area contributed by atoms with E-state index in [4.69, 9.17) is 9.47 Å². The summed E-state index contributed by atoms with van der Waals surface area (Å²) in [6, 6.07) is 32.2. The third kappa shape index (κ3) is 16.9. The fraction of sp³-hybridized carbons (Fsp3) is 0.151. The third-order valence-electron chi connectivity index (χ3n) is 16.0. The summed E-state index contributed by atoms with van der Waals surface area (Å²) in [6.45, 7) is 8.11. The lowest BCUT2D eigenvalue weighted by Crippen LogP contribution is -2.36. The van der Waals surface area contributed by atoms with Crippen LogP contribution in [-0.2, 0) is 22.6 Å². The molecule has 11 aromatic heterocycles. The lowest BCUT2D eigenvalue weighted by Gasteiger charge is -2.28. The molecule has 1 saturated heterocycles. The van der Waals surface area contributed by atoms with Crippen molar-refractivity contribution in [1.82, 2.24) is 90.4 Å². The number of amides is 5. The summed E-state index contributed by atoms with van der Waals surface area (Å²) in [4.78, 5) is 104. The Bertz CT molecular complexity index is 5150. The van der Waals surface area contributed by atoms with Gasteiger partial charge in [-0.15, -0.1) is 0 Å². The van der Waals surface area contributed by atoms with Crippen LogP contribution in [0.25, 0.3) is 100 Å². The summed E-state index contributed by atoms with van der Waals surface area (Å²) >= 11 is 0. The molecule has 0 radical (unpaired) electrons. The van der Waals surface area contributed by atoms with E-state index in [2.05, 4.69) is 128 Å². The number of aromatic amines is 3. The maximum Gasteiger partial charge on any atom is 0.413 e. The number of halogens is 3. The van der Waals surface area contributed by atoms with E-state index in [9.17, 15) is 27.6 Å². The predicted octanol–water partition coefficient (Wildman–Crippen LogP) is 12.6. The number of fused-ring (bicyclic) bond motifs is 3. The number of hydrogen-bond donors (Lipinski definition) is 10. The van der Waals surface area contributed by atoms with Gasteiger partial charge in [0.15, 0.2) is 0 Å². The second kappa shape index (κ2) is 32.6. The van der Waals surface area contributed by atoms with Crippen molar-refractivity contribution in [3.63, 3.8) is 0 Å². The first-order chi connectivity index (χ1) is 51.3. The van der Waals surface area contributed by atoms with Gasteiger partial charge < -0.3 is 50.6 Å². The van der Waals surface area contributed by atoms with E-state index in [1.54, 1.807) is 68.5 Å². The summed E-state index contributed by atoms with van der Waals surface area (Å²) in [5.74, 6) is 0.116. The number of hydrogen-bond acceptors (Lipinski definition) is 21. The van der Waals surface area contributed by atoms with Crippen LogP contribution in [0, 0.1) is 17.5 Å². The third-order valence-corrected chi connectivity index (χ3v) is 16.0. The van der Waals surface area contributed by atoms with Gasteiger partial charge in [-0.1, -0.05) is 12.1 Å². The highest BCUT2D eigenvalue weighted by atomic mass is 19.1. The molecule has 1 aliphatic heterocycles. The zero-order chi connectivity index (χ0) is 72.6. The summed E-state index contributed by atoms with van der Waals surface area (Å²) in [5, 5.41) is 19.2. The van der Waals surface area contributed by atoms with Crippen molar-refractivity contribution in [2.45, 2.75) is 26.9 Å². The molecule has 10 N–H and O–H groups in total. The van der Waals surface area contributed by atoms with Gasteiger partial charge >= 0.3 is 18.2 Å². The molecule has 0 spiro atoms. The number of ether oxygens (including phenoxy) is 2. The molecule has 1 fully saturated rings. The Labute approximate surface area is 595 Å². The highest BCUT2D eigenvalue weighted by Crippen LogP contribution is 2.38. The van der Waals surface area contributed by atoms with Gasteiger partial charge in [-0.2, -0.15) is 0 Å². The molecule has 32 heteroatoms. The van der Waals surface area contributed by atoms with E-state index in [-0.39, 0.29) is 41.5 Å². The molecule has 0 atom stereocenters. The standard InChI is InChI=1S/C25H22FN9O.C25H21FN8O2.C23H22FN7O2/c1-2-27-25(36)35-24-33-20-11-15(10-18(22(20)34-24)21-19(26)7-5-9-29-21)16-12-30-23(31-13-16)32-14-17-6-3-4-8-28-17;1-2-36-25(35)34-24-32-20-11-15(10-18(22(20)33-24)21-19(26)7-5-9-28-21)16-12-29-23(30-13-16)31-14-17-6-3-4-8-27-17;1-25-23(32)30-22-28-19-11-14(10-17(21(19)29-22)20-18(24)3-2-4-27-20)15-9-16(13-26-12-15)31-5-7-33-8-6-31/h3-13H,2,14H2,1H3,(H,30,31,32)(H3,27,33,34,35,36);3-13H,2,14H2,1H3,(H,29,30,31)(H2,32,33,34,35);2-4,9-13H,5-8H2,1H3,(H3,25,28,29,30,32). The first kappa shape index (κ1) is 69.6. The Kier molecular flexibility index (Phi) is 21.6. The quantitative estimate of drug-likeness (QED) is 0.0381. The van der Waals surface area contributed by atoms with Crippen molar-refractivity contribution >= 4 is 86.7 Å². The van der Waals surface area contributed by atoms with E-state index < -0.39 is 35.6 Å². The zero-order valence-corrected chi connectivity index (χ0v) is 56.4. The molecule has 29 nitrogen and oxygen atoms in total. The maximum atomic E-state index is 14.7. The Morgan fingerprint density at radius 3 is 1.34 bits per heavy atom. The van der Waals surface area contributed by atoms with Crippen LogP contribution in [0.1, 0.15) is 25.2 Å². The fourth-order valence-corrected chi connectivity index (χ4v) is 11.1. The van der Waals surface area contributed by atoms with Crippen LogP contribution >= 0.6 is 0 Å². The molecule has 528 valence electrons. The first-order valence-electron chi connectivity index (χ1n) is 32.9. The minimum atomic E-state index is -0.649. The zero-order valence-electron chi connectivity index (χ0n) is 56.4. The van der Waals surface area contributed by atoms with Crippen LogP contribution in [0.3, 0.4) is 0 Å². The van der Waals surface area contributed by atoms with Gasteiger partial charge in [0.2, 0.25) is 29.7 Å². The minimum absolute atomic E-state index is 0.133. The molecule has 5 amide bonds. The number of pyridine rings is 6. The van der Waals surface area contributed by atoms with Gasteiger partial charge in [0.1, 0.15) is 51.1 Å². The molecule has 14 aromatic rings. The average Bonchev–Trinajstić information content (AvgIpc) is 1.71. The van der Waals surface area contributed by atoms with Gasteiger partial charge in [0.25, 0.3) is 0 Å². The highest BCUT2D eigenvalue weighted by molar-refractivity contribution is 6.01. The second-order valence-electron chi connectivity index (χ2n) is 23.0. The second-order valence-corrected chi connectivity index (χ2v) is 23.0. The van der Waals surface area contributed by atoms with Crippen molar-refractivity contribution in [3.8, 4) is 67.2 Å². The average molecular weight is 1420 g/mol. The highest BCUT2D eigenvalue weighted by Gasteiger charge is 2.23. The molecule has 0 unspecified atom stereocenters. The van der Waals surface area contributed by atoms with Crippen LogP contribution in [0.5, 0.6) is 0 Å². The van der Waals surface area contributed by atoms with Crippen LogP contribution in [0.15, 0.2) is 183 Å². The predicted molar refractivity (Wildman–Crippen MR) is 391 cm³/mol. The van der Waals surface area contributed by atoms with Crippen molar-refractivity contribution in [2.75, 3.05) is 78.0 Å². The van der Waals surface area contributed by atoms with Crippen molar-refractivity contribution in [2.24, 2.45) is 0 Å². The number of H-pyrrole nitrogens is 3. The van der Waals surface area contributed by atoms with Gasteiger partial charge in [-0.25, -0.2) is 62.4 Å². The lowest BCUT2D eigenvalue weighted by molar-refractivity contribution is 0.122. The molecule has 0 saturated carbocycles. The molecule has 12 heterocycles. The number of rotatable bonds is 18. The van der Waals surface area contributed by atoms with Crippen LogP contribution < -0.4 is 42.1 Å². The fourth-order valence-electron chi connectivity index (χ4n) is 11.1. The summed E-state index contributed by atoms with van der Waals surface area (Å²) in [7, 11) is 1.51. The smallest absolute Gasteiger partial charge is 0.413 e.